The number of carbonyl (C=O) groups is 2. The summed E-state index contributed by atoms with van der Waals surface area (Å²) in [5.74, 6) is 1.00. The maximum Gasteiger partial charge on any atom is 0.222 e. The quantitative estimate of drug-likeness (QED) is 0.560. The highest BCUT2D eigenvalue weighted by Crippen LogP contribution is 2.21. The van der Waals surface area contributed by atoms with Gasteiger partial charge < -0.3 is 9.64 Å². The summed E-state index contributed by atoms with van der Waals surface area (Å²) in [4.78, 5) is 26.9. The lowest BCUT2D eigenvalue weighted by Crippen LogP contribution is -2.42. The summed E-state index contributed by atoms with van der Waals surface area (Å²) in [6, 6.07) is 19.0. The van der Waals surface area contributed by atoms with E-state index in [4.69, 9.17) is 4.74 Å². The molecular weight excluding hydrogens is 326 g/mol. The SMILES string of the molecule is O=C(c1ccccc1)C1CCCN(C(=O)CCCOc2ccccc2)C1. The molecule has 1 aliphatic rings. The number of likely N-dealkylation sites (tertiary alicyclic amines) is 1. The van der Waals surface area contributed by atoms with E-state index in [-0.39, 0.29) is 17.6 Å². The van der Waals surface area contributed by atoms with Crippen LogP contribution in [-0.2, 0) is 4.79 Å². The molecule has 1 heterocycles. The summed E-state index contributed by atoms with van der Waals surface area (Å²) in [6.07, 6.45) is 2.88. The van der Waals surface area contributed by atoms with E-state index in [9.17, 15) is 9.59 Å². The first-order valence-corrected chi connectivity index (χ1v) is 9.29. The number of ether oxygens (including phenoxy) is 1. The standard InChI is InChI=1S/C22H25NO3/c24-21(14-8-16-26-20-12-5-2-6-13-20)23-15-7-11-19(17-23)22(25)18-9-3-1-4-10-18/h1-6,9-10,12-13,19H,7-8,11,14-17H2. The van der Waals surface area contributed by atoms with Crippen LogP contribution in [-0.4, -0.2) is 36.3 Å². The Kier molecular flexibility index (Phi) is 6.42. The Balaban J connectivity index is 1.45. The molecular formula is C22H25NO3. The number of Topliss-reactive ketones (excluding diaryl/α,β-unsaturated/α-hetero) is 1. The molecule has 1 saturated heterocycles. The van der Waals surface area contributed by atoms with Gasteiger partial charge in [0.15, 0.2) is 5.78 Å². The van der Waals surface area contributed by atoms with Gasteiger partial charge in [-0.25, -0.2) is 0 Å². The van der Waals surface area contributed by atoms with Gasteiger partial charge in [0.2, 0.25) is 5.91 Å². The van der Waals surface area contributed by atoms with Gasteiger partial charge in [0.05, 0.1) is 6.61 Å². The zero-order chi connectivity index (χ0) is 18.2. The normalized spacial score (nSPS) is 16.9. The Labute approximate surface area is 154 Å². The molecule has 2 aromatic rings. The van der Waals surface area contributed by atoms with E-state index >= 15 is 0 Å². The van der Waals surface area contributed by atoms with Gasteiger partial charge in [-0.2, -0.15) is 0 Å². The van der Waals surface area contributed by atoms with Crippen LogP contribution in [0.15, 0.2) is 60.7 Å². The van der Waals surface area contributed by atoms with E-state index in [0.29, 0.717) is 26.0 Å². The zero-order valence-electron chi connectivity index (χ0n) is 15.0. The van der Waals surface area contributed by atoms with Gasteiger partial charge in [0.25, 0.3) is 0 Å². The van der Waals surface area contributed by atoms with Crippen molar-refractivity contribution in [2.24, 2.45) is 5.92 Å². The molecule has 1 amide bonds. The molecule has 26 heavy (non-hydrogen) atoms. The number of carbonyl (C=O) groups excluding carboxylic acids is 2. The number of ketones is 1. The van der Waals surface area contributed by atoms with Crippen LogP contribution in [0.25, 0.3) is 0 Å². The summed E-state index contributed by atoms with van der Waals surface area (Å²) >= 11 is 0. The number of hydrogen-bond donors (Lipinski definition) is 0. The monoisotopic (exact) mass is 351 g/mol. The molecule has 1 aliphatic heterocycles. The first-order chi connectivity index (χ1) is 12.7. The molecule has 0 bridgehead atoms. The molecule has 4 nitrogen and oxygen atoms in total. The van der Waals surface area contributed by atoms with Gasteiger partial charge in [-0.05, 0) is 31.4 Å². The van der Waals surface area contributed by atoms with Crippen molar-refractivity contribution in [3.05, 3.63) is 66.2 Å². The molecule has 136 valence electrons. The van der Waals surface area contributed by atoms with E-state index in [0.717, 1.165) is 30.7 Å². The number of para-hydroxylation sites is 1. The molecule has 0 spiro atoms. The lowest BCUT2D eigenvalue weighted by molar-refractivity contribution is -0.132. The first-order valence-electron chi connectivity index (χ1n) is 9.29. The molecule has 0 aromatic heterocycles. The highest BCUT2D eigenvalue weighted by Gasteiger charge is 2.28. The van der Waals surface area contributed by atoms with E-state index in [2.05, 4.69) is 0 Å². The van der Waals surface area contributed by atoms with E-state index in [1.54, 1.807) is 0 Å². The average molecular weight is 351 g/mol. The molecule has 0 saturated carbocycles. The second kappa shape index (κ2) is 9.18. The Bertz CT molecular complexity index is 715. The zero-order valence-corrected chi connectivity index (χ0v) is 15.0. The van der Waals surface area contributed by atoms with Crippen molar-refractivity contribution < 1.29 is 14.3 Å². The van der Waals surface area contributed by atoms with E-state index in [1.165, 1.54) is 0 Å². The number of benzene rings is 2. The molecule has 0 N–H and O–H groups in total. The summed E-state index contributed by atoms with van der Waals surface area (Å²) in [5.41, 5.74) is 0.739. The lowest BCUT2D eigenvalue weighted by atomic mass is 9.90. The van der Waals surface area contributed by atoms with Crippen LogP contribution in [0.3, 0.4) is 0 Å². The summed E-state index contributed by atoms with van der Waals surface area (Å²) < 4.78 is 5.64. The predicted octanol–water partition coefficient (Wildman–Crippen LogP) is 3.97. The molecule has 1 fully saturated rings. The molecule has 3 rings (SSSR count). The summed E-state index contributed by atoms with van der Waals surface area (Å²) in [6.45, 7) is 1.80. The van der Waals surface area contributed by atoms with Crippen molar-refractivity contribution in [3.8, 4) is 5.75 Å². The molecule has 1 unspecified atom stereocenters. The Hall–Kier alpha value is -2.62. The molecule has 2 aromatic carbocycles. The maximum atomic E-state index is 12.6. The van der Waals surface area contributed by atoms with Crippen LogP contribution in [0.5, 0.6) is 5.75 Å². The maximum absolute atomic E-state index is 12.6. The van der Waals surface area contributed by atoms with Crippen molar-refractivity contribution in [1.82, 2.24) is 4.90 Å². The Morgan fingerprint density at radius 2 is 1.69 bits per heavy atom. The third-order valence-electron chi connectivity index (χ3n) is 4.75. The van der Waals surface area contributed by atoms with Gasteiger partial charge in [-0.1, -0.05) is 48.5 Å². The third-order valence-corrected chi connectivity index (χ3v) is 4.75. The molecule has 1 atom stereocenters. The lowest BCUT2D eigenvalue weighted by Gasteiger charge is -2.32. The number of rotatable bonds is 7. The molecule has 0 radical (unpaired) electrons. The molecule has 0 aliphatic carbocycles. The van der Waals surface area contributed by atoms with Crippen molar-refractivity contribution in [2.45, 2.75) is 25.7 Å². The number of piperidine rings is 1. The topological polar surface area (TPSA) is 46.6 Å². The third kappa shape index (κ3) is 4.94. The van der Waals surface area contributed by atoms with E-state index < -0.39 is 0 Å². The fourth-order valence-corrected chi connectivity index (χ4v) is 3.34. The Morgan fingerprint density at radius 1 is 1.00 bits per heavy atom. The predicted molar refractivity (Wildman–Crippen MR) is 101 cm³/mol. The van der Waals surface area contributed by atoms with Gasteiger partial charge in [0, 0.05) is 31.0 Å². The van der Waals surface area contributed by atoms with Gasteiger partial charge in [-0.15, -0.1) is 0 Å². The average Bonchev–Trinajstić information content (AvgIpc) is 2.72. The van der Waals surface area contributed by atoms with Crippen LogP contribution >= 0.6 is 0 Å². The smallest absolute Gasteiger partial charge is 0.222 e. The fourth-order valence-electron chi connectivity index (χ4n) is 3.34. The minimum Gasteiger partial charge on any atom is -0.494 e. The summed E-state index contributed by atoms with van der Waals surface area (Å²) in [5, 5.41) is 0. The van der Waals surface area contributed by atoms with Crippen molar-refractivity contribution >= 4 is 11.7 Å². The van der Waals surface area contributed by atoms with Crippen LogP contribution in [0.4, 0.5) is 0 Å². The minimum absolute atomic E-state index is 0.0873. The van der Waals surface area contributed by atoms with E-state index in [1.807, 2.05) is 65.6 Å². The second-order valence-corrected chi connectivity index (χ2v) is 6.67. The van der Waals surface area contributed by atoms with Crippen molar-refractivity contribution in [2.75, 3.05) is 19.7 Å². The van der Waals surface area contributed by atoms with Crippen LogP contribution < -0.4 is 4.74 Å². The fraction of sp³-hybridized carbons (Fsp3) is 0.364. The number of amides is 1. The highest BCUT2D eigenvalue weighted by molar-refractivity contribution is 5.98. The highest BCUT2D eigenvalue weighted by atomic mass is 16.5. The Morgan fingerprint density at radius 3 is 2.42 bits per heavy atom. The van der Waals surface area contributed by atoms with Crippen LogP contribution in [0.1, 0.15) is 36.0 Å². The summed E-state index contributed by atoms with van der Waals surface area (Å²) in [7, 11) is 0. The largest absolute Gasteiger partial charge is 0.494 e. The van der Waals surface area contributed by atoms with Crippen molar-refractivity contribution in [3.63, 3.8) is 0 Å². The van der Waals surface area contributed by atoms with Gasteiger partial charge in [-0.3, -0.25) is 9.59 Å². The van der Waals surface area contributed by atoms with Gasteiger partial charge in [0.1, 0.15) is 5.75 Å². The first kappa shape index (κ1) is 18.2. The van der Waals surface area contributed by atoms with Crippen molar-refractivity contribution in [1.29, 1.82) is 0 Å². The van der Waals surface area contributed by atoms with Crippen LogP contribution in [0, 0.1) is 5.92 Å². The number of nitrogens with zero attached hydrogens (tertiary/aromatic N) is 1. The van der Waals surface area contributed by atoms with Crippen LogP contribution in [0.2, 0.25) is 0 Å². The molecule has 4 heteroatoms. The second-order valence-electron chi connectivity index (χ2n) is 6.67. The van der Waals surface area contributed by atoms with Gasteiger partial charge >= 0.3 is 0 Å². The number of hydrogen-bond acceptors (Lipinski definition) is 3. The minimum atomic E-state index is -0.0873.